The molecule has 0 aliphatic carbocycles. The summed E-state index contributed by atoms with van der Waals surface area (Å²) in [4.78, 5) is 13.9. The Balaban J connectivity index is 2.20. The average molecular weight is 251 g/mol. The molecule has 0 spiro atoms. The molecule has 0 saturated carbocycles. The smallest absolute Gasteiger partial charge is 0.224 e. The van der Waals surface area contributed by atoms with Crippen molar-refractivity contribution in [1.82, 2.24) is 15.1 Å². The lowest BCUT2D eigenvalue weighted by Gasteiger charge is -2.33. The number of amides is 1. The largest absolute Gasteiger partial charge is 0.394 e. The maximum absolute atomic E-state index is 11.7. The fourth-order valence-electron chi connectivity index (χ4n) is 2.63. The van der Waals surface area contributed by atoms with Crippen LogP contribution in [0.1, 0.15) is 18.5 Å². The number of carbonyl (C=O) groups excluding carboxylic acids is 1. The minimum absolute atomic E-state index is 0.0401. The van der Waals surface area contributed by atoms with Crippen LogP contribution in [0, 0.1) is 12.8 Å². The Hall–Kier alpha value is -1.72. The summed E-state index contributed by atoms with van der Waals surface area (Å²) in [5.41, 5.74) is 7.62. The number of anilines is 2. The Bertz CT molecular complexity index is 454. The number of piperidine rings is 1. The second-order valence-electron chi connectivity index (χ2n) is 4.85. The average Bonchev–Trinajstić information content (AvgIpc) is 2.62. The maximum Gasteiger partial charge on any atom is 0.224 e. The Kier molecular flexibility index (Phi) is 3.45. The quantitative estimate of drug-likeness (QED) is 0.791. The zero-order valence-corrected chi connectivity index (χ0v) is 11.2. The molecule has 1 aliphatic rings. The molecule has 1 saturated heterocycles. The van der Waals surface area contributed by atoms with Gasteiger partial charge in [0.25, 0.3) is 0 Å². The van der Waals surface area contributed by atoms with Crippen LogP contribution in [0.15, 0.2) is 0 Å². The van der Waals surface area contributed by atoms with E-state index in [-0.39, 0.29) is 11.8 Å². The first-order valence-corrected chi connectivity index (χ1v) is 6.30. The number of hydrogen-bond donors (Lipinski definition) is 2. The van der Waals surface area contributed by atoms with Crippen LogP contribution in [0.25, 0.3) is 0 Å². The van der Waals surface area contributed by atoms with Crippen molar-refractivity contribution in [2.75, 3.05) is 30.8 Å². The number of nitrogens with one attached hydrogen (secondary N) is 1. The van der Waals surface area contributed by atoms with Crippen molar-refractivity contribution in [1.29, 1.82) is 0 Å². The minimum atomic E-state index is 0.0401. The summed E-state index contributed by atoms with van der Waals surface area (Å²) in [7, 11) is 3.58. The summed E-state index contributed by atoms with van der Waals surface area (Å²) in [6.07, 6.45) is 1.94. The normalized spacial score (nSPS) is 19.9. The molecule has 1 atom stereocenters. The molecule has 1 aliphatic heterocycles. The molecule has 6 nitrogen and oxygen atoms in total. The number of nitrogen functional groups attached to an aromatic ring is 1. The van der Waals surface area contributed by atoms with Gasteiger partial charge in [-0.2, -0.15) is 5.10 Å². The van der Waals surface area contributed by atoms with Gasteiger partial charge in [-0.15, -0.1) is 0 Å². The van der Waals surface area contributed by atoms with Crippen molar-refractivity contribution >= 4 is 17.4 Å². The van der Waals surface area contributed by atoms with E-state index in [1.54, 1.807) is 11.7 Å². The summed E-state index contributed by atoms with van der Waals surface area (Å²) < 4.78 is 1.80. The fourth-order valence-corrected chi connectivity index (χ4v) is 2.63. The molecule has 0 bridgehead atoms. The molecule has 18 heavy (non-hydrogen) atoms. The third-order valence-electron chi connectivity index (χ3n) is 3.58. The number of nitrogens with zero attached hydrogens (tertiary/aromatic N) is 3. The molecule has 100 valence electrons. The molecular formula is C12H21N5O. The van der Waals surface area contributed by atoms with Gasteiger partial charge in [-0.3, -0.25) is 9.48 Å². The molecule has 0 radical (unpaired) electrons. The Morgan fingerprint density at radius 2 is 2.28 bits per heavy atom. The van der Waals surface area contributed by atoms with Crippen LogP contribution in [0.5, 0.6) is 0 Å². The molecule has 2 rings (SSSR count). The topological polar surface area (TPSA) is 76.2 Å². The summed E-state index contributed by atoms with van der Waals surface area (Å²) in [5, 5.41) is 7.05. The van der Waals surface area contributed by atoms with E-state index in [4.69, 9.17) is 5.73 Å². The lowest BCUT2D eigenvalue weighted by atomic mass is 9.97. The van der Waals surface area contributed by atoms with Gasteiger partial charge >= 0.3 is 0 Å². The Morgan fingerprint density at radius 3 is 2.83 bits per heavy atom. The maximum atomic E-state index is 11.7. The van der Waals surface area contributed by atoms with E-state index in [1.807, 2.05) is 14.0 Å². The van der Waals surface area contributed by atoms with Gasteiger partial charge in [0, 0.05) is 27.2 Å². The number of rotatable bonds is 2. The third kappa shape index (κ3) is 2.14. The molecule has 6 heteroatoms. The third-order valence-corrected chi connectivity index (χ3v) is 3.58. The second kappa shape index (κ2) is 4.88. The van der Waals surface area contributed by atoms with Crippen LogP contribution in [-0.4, -0.2) is 35.8 Å². The molecule has 3 N–H and O–H groups in total. The molecule has 1 aromatic heterocycles. The second-order valence-corrected chi connectivity index (χ2v) is 4.85. The van der Waals surface area contributed by atoms with E-state index in [0.717, 1.165) is 36.6 Å². The van der Waals surface area contributed by atoms with Crippen molar-refractivity contribution in [3.63, 3.8) is 0 Å². The number of aryl methyl sites for hydroxylation is 2. The summed E-state index contributed by atoms with van der Waals surface area (Å²) in [6.45, 7) is 3.54. The Morgan fingerprint density at radius 1 is 1.56 bits per heavy atom. The van der Waals surface area contributed by atoms with Gasteiger partial charge in [0.2, 0.25) is 5.91 Å². The van der Waals surface area contributed by atoms with Gasteiger partial charge in [0.1, 0.15) is 5.82 Å². The predicted octanol–water partition coefficient (Wildman–Crippen LogP) is 0.273. The van der Waals surface area contributed by atoms with Gasteiger partial charge in [0.15, 0.2) is 0 Å². The van der Waals surface area contributed by atoms with Crippen molar-refractivity contribution in [2.24, 2.45) is 13.0 Å². The van der Waals surface area contributed by atoms with Gasteiger partial charge in [0.05, 0.1) is 17.3 Å². The highest BCUT2D eigenvalue weighted by atomic mass is 16.1. The monoisotopic (exact) mass is 251 g/mol. The summed E-state index contributed by atoms with van der Waals surface area (Å²) in [5.74, 6) is 1.08. The van der Waals surface area contributed by atoms with E-state index in [1.165, 1.54) is 0 Å². The molecule has 1 fully saturated rings. The molecule has 1 amide bonds. The van der Waals surface area contributed by atoms with Crippen LogP contribution in [-0.2, 0) is 11.8 Å². The van der Waals surface area contributed by atoms with Crippen LogP contribution in [0.3, 0.4) is 0 Å². The summed E-state index contributed by atoms with van der Waals surface area (Å²) >= 11 is 0. The number of hydrogen-bond acceptors (Lipinski definition) is 4. The van der Waals surface area contributed by atoms with E-state index < -0.39 is 0 Å². The van der Waals surface area contributed by atoms with Crippen molar-refractivity contribution < 1.29 is 4.79 Å². The highest BCUT2D eigenvalue weighted by molar-refractivity contribution is 5.79. The molecule has 0 aromatic carbocycles. The zero-order valence-electron chi connectivity index (χ0n) is 11.2. The number of nitrogens with two attached hydrogens (primary N) is 1. The molecule has 2 heterocycles. The first-order valence-electron chi connectivity index (χ1n) is 6.30. The lowest BCUT2D eigenvalue weighted by molar-refractivity contribution is -0.124. The number of carbonyl (C=O) groups is 1. The van der Waals surface area contributed by atoms with Crippen molar-refractivity contribution in [3.8, 4) is 0 Å². The van der Waals surface area contributed by atoms with E-state index in [0.29, 0.717) is 6.54 Å². The van der Waals surface area contributed by atoms with Crippen molar-refractivity contribution in [2.45, 2.75) is 19.8 Å². The standard InChI is InChI=1S/C12H21N5O/c1-8-10(13)12(16(3)15-8)17-6-4-5-9(7-17)11(18)14-2/h9H,4-7,13H2,1-3H3,(H,14,18). The van der Waals surface area contributed by atoms with E-state index in [9.17, 15) is 4.79 Å². The zero-order chi connectivity index (χ0) is 13.3. The molecule has 1 unspecified atom stereocenters. The van der Waals surface area contributed by atoms with Crippen LogP contribution in [0.4, 0.5) is 11.5 Å². The van der Waals surface area contributed by atoms with E-state index in [2.05, 4.69) is 15.3 Å². The molecular weight excluding hydrogens is 230 g/mol. The van der Waals surface area contributed by atoms with Gasteiger partial charge in [-0.1, -0.05) is 0 Å². The first kappa shape index (κ1) is 12.7. The first-order chi connectivity index (χ1) is 8.54. The number of aromatic nitrogens is 2. The Labute approximate surface area is 107 Å². The summed E-state index contributed by atoms with van der Waals surface area (Å²) in [6, 6.07) is 0. The highest BCUT2D eigenvalue weighted by Gasteiger charge is 2.28. The van der Waals surface area contributed by atoms with Gasteiger partial charge in [-0.05, 0) is 19.8 Å². The minimum Gasteiger partial charge on any atom is -0.394 e. The van der Waals surface area contributed by atoms with Gasteiger partial charge < -0.3 is 16.0 Å². The van der Waals surface area contributed by atoms with Gasteiger partial charge in [-0.25, -0.2) is 0 Å². The van der Waals surface area contributed by atoms with E-state index >= 15 is 0 Å². The van der Waals surface area contributed by atoms with Crippen LogP contribution >= 0.6 is 0 Å². The predicted molar refractivity (Wildman–Crippen MR) is 71.4 cm³/mol. The lowest BCUT2D eigenvalue weighted by Crippen LogP contribution is -2.43. The fraction of sp³-hybridized carbons (Fsp3) is 0.667. The highest BCUT2D eigenvalue weighted by Crippen LogP contribution is 2.29. The van der Waals surface area contributed by atoms with Crippen LogP contribution < -0.4 is 16.0 Å². The van der Waals surface area contributed by atoms with Crippen molar-refractivity contribution in [3.05, 3.63) is 5.69 Å². The van der Waals surface area contributed by atoms with Crippen LogP contribution in [0.2, 0.25) is 0 Å². The SMILES string of the molecule is CNC(=O)C1CCCN(c2c(N)c(C)nn2C)C1. The molecule has 1 aromatic rings.